The van der Waals surface area contributed by atoms with Crippen molar-refractivity contribution in [2.24, 2.45) is 0 Å². The van der Waals surface area contributed by atoms with E-state index >= 15 is 0 Å². The third-order valence-electron chi connectivity index (χ3n) is 4.17. The third kappa shape index (κ3) is 5.03. The van der Waals surface area contributed by atoms with Gasteiger partial charge in [0.15, 0.2) is 0 Å². The number of esters is 1. The maximum Gasteiger partial charge on any atom is 0.339 e. The molecule has 1 aromatic carbocycles. The molecule has 0 aliphatic rings. The first kappa shape index (κ1) is 20.6. The van der Waals surface area contributed by atoms with Crippen LogP contribution in [0.1, 0.15) is 21.6 Å². The Morgan fingerprint density at radius 1 is 1.17 bits per heavy atom. The summed E-state index contributed by atoms with van der Waals surface area (Å²) in [4.78, 5) is 43.2. The van der Waals surface area contributed by atoms with Gasteiger partial charge in [0.2, 0.25) is 5.91 Å². The van der Waals surface area contributed by atoms with Gasteiger partial charge in [-0.2, -0.15) is 0 Å². The lowest BCUT2D eigenvalue weighted by molar-refractivity contribution is -0.125. The molecule has 2 heterocycles. The lowest BCUT2D eigenvalue weighted by Crippen LogP contribution is -2.23. The molecule has 150 valence electrons. The van der Waals surface area contributed by atoms with Gasteiger partial charge in [-0.05, 0) is 30.7 Å². The summed E-state index contributed by atoms with van der Waals surface area (Å²) >= 11 is 1.28. The Kier molecular flexibility index (Phi) is 6.33. The van der Waals surface area contributed by atoms with Crippen molar-refractivity contribution >= 4 is 29.3 Å². The van der Waals surface area contributed by atoms with E-state index in [9.17, 15) is 14.4 Å². The van der Waals surface area contributed by atoms with Gasteiger partial charge in [-0.3, -0.25) is 14.0 Å². The molecule has 7 nitrogen and oxygen atoms in total. The summed E-state index contributed by atoms with van der Waals surface area (Å²) in [6.07, 6.45) is 1.71. The van der Waals surface area contributed by atoms with Crippen molar-refractivity contribution in [1.29, 1.82) is 0 Å². The number of aromatic nitrogens is 2. The molecule has 0 N–H and O–H groups in total. The normalized spacial score (nSPS) is 10.7. The summed E-state index contributed by atoms with van der Waals surface area (Å²) in [7, 11) is 3.37. The van der Waals surface area contributed by atoms with Gasteiger partial charge < -0.3 is 9.64 Å². The summed E-state index contributed by atoms with van der Waals surface area (Å²) in [5.74, 6) is -0.356. The largest absolute Gasteiger partial charge is 0.456 e. The molecule has 1 amide bonds. The van der Waals surface area contributed by atoms with Crippen molar-refractivity contribution in [2.75, 3.05) is 19.8 Å². The number of nitrogens with zero attached hydrogens (tertiary/aromatic N) is 3. The van der Waals surface area contributed by atoms with E-state index in [4.69, 9.17) is 4.74 Å². The van der Waals surface area contributed by atoms with Crippen LogP contribution in [-0.2, 0) is 16.1 Å². The van der Waals surface area contributed by atoms with E-state index in [0.717, 1.165) is 5.56 Å². The van der Waals surface area contributed by atoms with Gasteiger partial charge >= 0.3 is 5.97 Å². The van der Waals surface area contributed by atoms with Crippen LogP contribution >= 0.6 is 11.8 Å². The number of fused-ring (bicyclic) bond motifs is 1. The fraction of sp³-hybridized carbons (Fsp3) is 0.238. The highest BCUT2D eigenvalue weighted by Gasteiger charge is 2.15. The van der Waals surface area contributed by atoms with E-state index < -0.39 is 5.97 Å². The summed E-state index contributed by atoms with van der Waals surface area (Å²) in [6, 6.07) is 11.9. The van der Waals surface area contributed by atoms with Gasteiger partial charge in [0.1, 0.15) is 12.3 Å². The number of ether oxygens (including phenoxy) is 1. The number of carbonyl (C=O) groups excluding carboxylic acids is 2. The molecule has 0 fully saturated rings. The van der Waals surface area contributed by atoms with Gasteiger partial charge in [-0.1, -0.05) is 18.2 Å². The average molecular weight is 411 g/mol. The van der Waals surface area contributed by atoms with Crippen molar-refractivity contribution in [3.63, 3.8) is 0 Å². The lowest BCUT2D eigenvalue weighted by atomic mass is 10.2. The first-order valence-electron chi connectivity index (χ1n) is 8.93. The summed E-state index contributed by atoms with van der Waals surface area (Å²) in [5.41, 5.74) is 1.95. The van der Waals surface area contributed by atoms with Gasteiger partial charge in [-0.15, -0.1) is 11.8 Å². The quantitative estimate of drug-likeness (QED) is 0.458. The number of aryl methyl sites for hydroxylation is 1. The number of amides is 1. The first-order valence-corrected chi connectivity index (χ1v) is 9.92. The predicted octanol–water partition coefficient (Wildman–Crippen LogP) is 2.54. The van der Waals surface area contributed by atoms with E-state index in [2.05, 4.69) is 4.98 Å². The molecule has 0 unspecified atom stereocenters. The van der Waals surface area contributed by atoms with Crippen LogP contribution in [0.15, 0.2) is 58.4 Å². The Hall–Kier alpha value is -3.13. The summed E-state index contributed by atoms with van der Waals surface area (Å²) < 4.78 is 6.83. The smallest absolute Gasteiger partial charge is 0.339 e. The molecule has 3 aromatic rings. The summed E-state index contributed by atoms with van der Waals surface area (Å²) in [6.45, 7) is 1.78. The van der Waals surface area contributed by atoms with Crippen molar-refractivity contribution < 1.29 is 14.3 Å². The monoisotopic (exact) mass is 411 g/mol. The van der Waals surface area contributed by atoms with E-state index in [-0.39, 0.29) is 23.8 Å². The average Bonchev–Trinajstić information content (AvgIpc) is 2.71. The Morgan fingerprint density at radius 3 is 2.69 bits per heavy atom. The van der Waals surface area contributed by atoms with Gasteiger partial charge in [0, 0.05) is 31.3 Å². The third-order valence-corrected chi connectivity index (χ3v) is 5.23. The predicted molar refractivity (Wildman–Crippen MR) is 111 cm³/mol. The number of rotatable bonds is 6. The molecule has 0 radical (unpaired) electrons. The Bertz CT molecular complexity index is 1120. The highest BCUT2D eigenvalue weighted by molar-refractivity contribution is 8.00. The van der Waals surface area contributed by atoms with Crippen LogP contribution in [0.5, 0.6) is 0 Å². The Balaban J connectivity index is 1.73. The Labute approximate surface area is 172 Å². The number of pyridine rings is 1. The maximum atomic E-state index is 12.6. The fourth-order valence-corrected chi connectivity index (χ4v) is 3.60. The molecule has 0 saturated carbocycles. The lowest BCUT2D eigenvalue weighted by Gasteiger charge is -2.12. The van der Waals surface area contributed by atoms with Crippen molar-refractivity contribution in [2.45, 2.75) is 18.4 Å². The SMILES string of the molecule is Cc1ccc2nc(COC(=O)c3ccccc3SCC(=O)N(C)C)cc(=O)n2c1. The number of carbonyl (C=O) groups is 2. The summed E-state index contributed by atoms with van der Waals surface area (Å²) in [5, 5.41) is 0. The minimum absolute atomic E-state index is 0.0470. The molecule has 0 bridgehead atoms. The second-order valence-corrected chi connectivity index (χ2v) is 7.69. The number of thioether (sulfide) groups is 1. The second kappa shape index (κ2) is 8.91. The van der Waals surface area contributed by atoms with Crippen LogP contribution in [0.4, 0.5) is 0 Å². The minimum Gasteiger partial charge on any atom is -0.456 e. The molecule has 0 atom stereocenters. The topological polar surface area (TPSA) is 81.0 Å². The number of benzene rings is 1. The molecule has 0 aliphatic heterocycles. The van der Waals surface area contributed by atoms with Gasteiger partial charge in [0.05, 0.1) is 17.0 Å². The van der Waals surface area contributed by atoms with Crippen LogP contribution in [0.3, 0.4) is 0 Å². The van der Waals surface area contributed by atoms with E-state index in [1.807, 2.05) is 13.0 Å². The van der Waals surface area contributed by atoms with Gasteiger partial charge in [0.25, 0.3) is 5.56 Å². The highest BCUT2D eigenvalue weighted by atomic mass is 32.2. The van der Waals surface area contributed by atoms with E-state index in [1.165, 1.54) is 27.1 Å². The minimum atomic E-state index is -0.531. The molecular formula is C21H21N3O4S. The molecule has 0 spiro atoms. The number of hydrogen-bond acceptors (Lipinski definition) is 6. The van der Waals surface area contributed by atoms with Crippen LogP contribution in [-0.4, -0.2) is 46.0 Å². The molecule has 0 saturated heterocycles. The van der Waals surface area contributed by atoms with Crippen LogP contribution in [0.25, 0.3) is 5.65 Å². The molecule has 8 heteroatoms. The highest BCUT2D eigenvalue weighted by Crippen LogP contribution is 2.23. The van der Waals surface area contributed by atoms with Gasteiger partial charge in [-0.25, -0.2) is 9.78 Å². The molecule has 2 aromatic heterocycles. The zero-order chi connectivity index (χ0) is 21.0. The number of hydrogen-bond donors (Lipinski definition) is 0. The van der Waals surface area contributed by atoms with Crippen LogP contribution < -0.4 is 5.56 Å². The zero-order valence-electron chi connectivity index (χ0n) is 16.4. The zero-order valence-corrected chi connectivity index (χ0v) is 17.2. The Morgan fingerprint density at radius 2 is 1.93 bits per heavy atom. The molecule has 3 rings (SSSR count). The fourth-order valence-electron chi connectivity index (χ4n) is 2.58. The maximum absolute atomic E-state index is 12.6. The van der Waals surface area contributed by atoms with Crippen molar-refractivity contribution in [1.82, 2.24) is 14.3 Å². The van der Waals surface area contributed by atoms with E-state index in [1.54, 1.807) is 50.6 Å². The van der Waals surface area contributed by atoms with Crippen LogP contribution in [0, 0.1) is 6.92 Å². The van der Waals surface area contributed by atoms with Crippen molar-refractivity contribution in [3.05, 3.63) is 75.8 Å². The standard InChI is InChI=1S/C21H21N3O4S/c1-14-8-9-18-22-15(10-19(25)24(18)11-14)12-28-21(27)16-6-4-5-7-17(16)29-13-20(26)23(2)3/h4-11H,12-13H2,1-3H3. The molecule has 29 heavy (non-hydrogen) atoms. The van der Waals surface area contributed by atoms with E-state index in [0.29, 0.717) is 21.8 Å². The second-order valence-electron chi connectivity index (χ2n) is 6.67. The molecular weight excluding hydrogens is 390 g/mol. The van der Waals surface area contributed by atoms with Crippen LogP contribution in [0.2, 0.25) is 0 Å². The van der Waals surface area contributed by atoms with Crippen molar-refractivity contribution in [3.8, 4) is 0 Å². The molecule has 0 aliphatic carbocycles. The first-order chi connectivity index (χ1) is 13.8.